The maximum atomic E-state index is 13.6. The van der Waals surface area contributed by atoms with Crippen LogP contribution in [0.15, 0.2) is 40.9 Å². The number of carbonyl (C=O) groups is 2. The molecule has 4 rings (SSSR count). The summed E-state index contributed by atoms with van der Waals surface area (Å²) in [7, 11) is 1.62. The lowest BCUT2D eigenvalue weighted by atomic mass is 10.1. The first kappa shape index (κ1) is 24.2. The number of hydrogen-bond donors (Lipinski definition) is 1. The average molecular weight is 474 g/mol. The molecule has 182 valence electrons. The van der Waals surface area contributed by atoms with Crippen LogP contribution in [0.25, 0.3) is 22.3 Å². The number of amides is 2. The molecule has 1 aromatic carbocycles. The summed E-state index contributed by atoms with van der Waals surface area (Å²) in [6.45, 7) is 11.6. The van der Waals surface area contributed by atoms with Crippen LogP contribution >= 0.6 is 0 Å². The van der Waals surface area contributed by atoms with E-state index in [1.165, 1.54) is 4.90 Å². The molecule has 1 N–H and O–H groups in total. The summed E-state index contributed by atoms with van der Waals surface area (Å²) in [5, 5.41) is 8.04. The van der Waals surface area contributed by atoms with E-state index in [1.807, 2.05) is 65.8 Å². The Kier molecular flexibility index (Phi) is 6.47. The molecule has 0 atom stereocenters. The third-order valence-electron chi connectivity index (χ3n) is 6.21. The molecule has 8 nitrogen and oxygen atoms in total. The predicted octanol–water partition coefficient (Wildman–Crippen LogP) is 5.22. The summed E-state index contributed by atoms with van der Waals surface area (Å²) in [6.07, 6.45) is 1.66. The zero-order valence-corrected chi connectivity index (χ0v) is 21.3. The zero-order valence-electron chi connectivity index (χ0n) is 21.3. The van der Waals surface area contributed by atoms with Crippen molar-refractivity contribution in [2.75, 3.05) is 18.9 Å². The molecule has 0 saturated carbocycles. The molecule has 0 aliphatic rings. The van der Waals surface area contributed by atoms with Gasteiger partial charge in [-0.3, -0.25) is 9.59 Å². The first-order valence-corrected chi connectivity index (χ1v) is 11.6. The minimum absolute atomic E-state index is 0.0615. The van der Waals surface area contributed by atoms with E-state index < -0.39 is 0 Å². The maximum Gasteiger partial charge on any atom is 0.254 e. The number of likely N-dealkylation sites (N-methyl/N-ethyl adjacent to an activating group) is 1. The molecule has 0 radical (unpaired) electrons. The van der Waals surface area contributed by atoms with Crippen LogP contribution in [-0.2, 0) is 4.79 Å². The predicted molar refractivity (Wildman–Crippen MR) is 137 cm³/mol. The van der Waals surface area contributed by atoms with Crippen LogP contribution in [0.3, 0.4) is 0 Å². The summed E-state index contributed by atoms with van der Waals surface area (Å²) < 4.78 is 7.50. The van der Waals surface area contributed by atoms with Crippen LogP contribution in [0.4, 0.5) is 5.69 Å². The fourth-order valence-corrected chi connectivity index (χ4v) is 4.17. The zero-order chi connectivity index (χ0) is 25.4. The van der Waals surface area contributed by atoms with E-state index in [0.29, 0.717) is 22.3 Å². The van der Waals surface area contributed by atoms with Crippen molar-refractivity contribution in [1.29, 1.82) is 0 Å². The van der Waals surface area contributed by atoms with E-state index in [9.17, 15) is 9.59 Å². The standard InChI is InChI=1S/C27H31N5O3/c1-15(2)32-26-22(13-28-32)21(12-24(30-26)20-11-17(4)35-19(20)6)27(34)31(7)14-25(33)29-23-10-8-9-16(3)18(23)5/h8-13,15H,14H2,1-7H3,(H,29,33). The van der Waals surface area contributed by atoms with Gasteiger partial charge < -0.3 is 14.6 Å². The van der Waals surface area contributed by atoms with Crippen LogP contribution in [0.1, 0.15) is 52.9 Å². The molecule has 0 saturated heterocycles. The van der Waals surface area contributed by atoms with Gasteiger partial charge in [0.1, 0.15) is 11.5 Å². The lowest BCUT2D eigenvalue weighted by Crippen LogP contribution is -2.35. The monoisotopic (exact) mass is 473 g/mol. The van der Waals surface area contributed by atoms with Crippen LogP contribution < -0.4 is 5.32 Å². The minimum Gasteiger partial charge on any atom is -0.466 e. The van der Waals surface area contributed by atoms with Crippen LogP contribution in [0, 0.1) is 27.7 Å². The molecule has 3 heterocycles. The number of aromatic nitrogens is 3. The molecular formula is C27H31N5O3. The Morgan fingerprint density at radius 1 is 1.14 bits per heavy atom. The average Bonchev–Trinajstić information content (AvgIpc) is 3.38. The topological polar surface area (TPSA) is 93.3 Å². The second kappa shape index (κ2) is 9.37. The van der Waals surface area contributed by atoms with Gasteiger partial charge in [0.05, 0.1) is 29.4 Å². The second-order valence-corrected chi connectivity index (χ2v) is 9.26. The quantitative estimate of drug-likeness (QED) is 0.415. The van der Waals surface area contributed by atoms with E-state index >= 15 is 0 Å². The van der Waals surface area contributed by atoms with E-state index in [-0.39, 0.29) is 24.4 Å². The molecule has 4 aromatic rings. The SMILES string of the molecule is Cc1cc(-c2cc(C(=O)N(C)CC(=O)Nc3cccc(C)c3C)c3cnn(C(C)C)c3n2)c(C)o1. The summed E-state index contributed by atoms with van der Waals surface area (Å²) in [5.74, 6) is 0.949. The first-order chi connectivity index (χ1) is 16.6. The van der Waals surface area contributed by atoms with Crippen molar-refractivity contribution in [2.45, 2.75) is 47.6 Å². The van der Waals surface area contributed by atoms with Gasteiger partial charge in [-0.2, -0.15) is 5.10 Å². The van der Waals surface area contributed by atoms with Gasteiger partial charge in [-0.25, -0.2) is 9.67 Å². The number of fused-ring (bicyclic) bond motifs is 1. The number of anilines is 1. The number of carbonyl (C=O) groups excluding carboxylic acids is 2. The molecule has 0 aliphatic heterocycles. The van der Waals surface area contributed by atoms with E-state index in [2.05, 4.69) is 10.4 Å². The smallest absolute Gasteiger partial charge is 0.254 e. The summed E-state index contributed by atoms with van der Waals surface area (Å²) in [5.41, 5.74) is 5.35. The molecule has 0 unspecified atom stereocenters. The Morgan fingerprint density at radius 3 is 2.54 bits per heavy atom. The van der Waals surface area contributed by atoms with E-state index in [0.717, 1.165) is 33.9 Å². The number of rotatable bonds is 6. The number of furan rings is 1. The highest BCUT2D eigenvalue weighted by atomic mass is 16.3. The van der Waals surface area contributed by atoms with Crippen molar-refractivity contribution < 1.29 is 14.0 Å². The Morgan fingerprint density at radius 2 is 1.89 bits per heavy atom. The number of nitrogens with zero attached hydrogens (tertiary/aromatic N) is 4. The van der Waals surface area contributed by atoms with Crippen molar-refractivity contribution in [3.63, 3.8) is 0 Å². The van der Waals surface area contributed by atoms with Gasteiger partial charge in [0.15, 0.2) is 5.65 Å². The maximum absolute atomic E-state index is 13.6. The van der Waals surface area contributed by atoms with Crippen LogP contribution in [0.2, 0.25) is 0 Å². The van der Waals surface area contributed by atoms with Gasteiger partial charge in [0, 0.05) is 24.3 Å². The first-order valence-electron chi connectivity index (χ1n) is 11.6. The molecule has 3 aromatic heterocycles. The molecule has 0 bridgehead atoms. The third kappa shape index (κ3) is 4.69. The fraction of sp³-hybridized carbons (Fsp3) is 0.333. The third-order valence-corrected chi connectivity index (χ3v) is 6.21. The van der Waals surface area contributed by atoms with Gasteiger partial charge in [-0.05, 0) is 70.9 Å². The second-order valence-electron chi connectivity index (χ2n) is 9.26. The Balaban J connectivity index is 1.68. The van der Waals surface area contributed by atoms with Crippen molar-refractivity contribution in [3.05, 3.63) is 64.7 Å². The number of hydrogen-bond acceptors (Lipinski definition) is 5. The molecule has 0 spiro atoms. The van der Waals surface area contributed by atoms with Crippen molar-refractivity contribution in [2.24, 2.45) is 0 Å². The largest absolute Gasteiger partial charge is 0.466 e. The van der Waals surface area contributed by atoms with Gasteiger partial charge in [0.2, 0.25) is 5.91 Å². The van der Waals surface area contributed by atoms with Crippen molar-refractivity contribution >= 4 is 28.5 Å². The highest BCUT2D eigenvalue weighted by Gasteiger charge is 2.23. The molecule has 8 heteroatoms. The Labute approximate surface area is 204 Å². The van der Waals surface area contributed by atoms with Crippen molar-refractivity contribution in [3.8, 4) is 11.3 Å². The number of pyridine rings is 1. The minimum atomic E-state index is -0.282. The number of benzene rings is 1. The van der Waals surface area contributed by atoms with Gasteiger partial charge in [-0.1, -0.05) is 12.1 Å². The van der Waals surface area contributed by atoms with E-state index in [4.69, 9.17) is 9.40 Å². The van der Waals surface area contributed by atoms with Gasteiger partial charge in [-0.15, -0.1) is 0 Å². The highest BCUT2D eigenvalue weighted by Crippen LogP contribution is 2.30. The molecular weight excluding hydrogens is 442 g/mol. The van der Waals surface area contributed by atoms with Crippen molar-refractivity contribution in [1.82, 2.24) is 19.7 Å². The molecule has 0 fully saturated rings. The number of aryl methyl sites for hydroxylation is 3. The Hall–Kier alpha value is -3.94. The molecule has 35 heavy (non-hydrogen) atoms. The van der Waals surface area contributed by atoms with Gasteiger partial charge >= 0.3 is 0 Å². The summed E-state index contributed by atoms with van der Waals surface area (Å²) in [6, 6.07) is 9.48. The normalized spacial score (nSPS) is 11.3. The summed E-state index contributed by atoms with van der Waals surface area (Å²) in [4.78, 5) is 32.6. The summed E-state index contributed by atoms with van der Waals surface area (Å²) >= 11 is 0. The lowest BCUT2D eigenvalue weighted by Gasteiger charge is -2.19. The highest BCUT2D eigenvalue weighted by molar-refractivity contribution is 6.08. The molecule has 0 aliphatic carbocycles. The van der Waals surface area contributed by atoms with Crippen LogP contribution in [0.5, 0.6) is 0 Å². The molecule has 2 amide bonds. The van der Waals surface area contributed by atoms with E-state index in [1.54, 1.807) is 24.0 Å². The van der Waals surface area contributed by atoms with Gasteiger partial charge in [0.25, 0.3) is 5.91 Å². The Bertz CT molecular complexity index is 1430. The fourth-order valence-electron chi connectivity index (χ4n) is 4.17. The number of nitrogens with one attached hydrogen (secondary N) is 1. The lowest BCUT2D eigenvalue weighted by molar-refractivity contribution is -0.116. The van der Waals surface area contributed by atoms with Crippen LogP contribution in [-0.4, -0.2) is 45.1 Å².